The first kappa shape index (κ1) is 27.5. The van der Waals surface area contributed by atoms with E-state index in [0.29, 0.717) is 59.8 Å². The Morgan fingerprint density at radius 3 is 2.31 bits per heavy atom. The van der Waals surface area contributed by atoms with Crippen molar-refractivity contribution in [2.45, 2.75) is 32.0 Å². The number of hydrogen-bond donors (Lipinski definition) is 2. The van der Waals surface area contributed by atoms with Crippen LogP contribution in [0.2, 0.25) is 0 Å². The molecule has 0 spiro atoms. The van der Waals surface area contributed by atoms with Crippen molar-refractivity contribution < 1.29 is 18.7 Å². The van der Waals surface area contributed by atoms with E-state index in [0.717, 1.165) is 24.0 Å². The van der Waals surface area contributed by atoms with E-state index in [1.807, 2.05) is 42.5 Å². The number of anilines is 1. The second kappa shape index (κ2) is 12.4. The predicted octanol–water partition coefficient (Wildman–Crippen LogP) is 6.49. The number of carbonyl (C=O) groups is 1. The molecule has 0 saturated carbocycles. The fraction of sp³-hybridized carbons (Fsp3) is 0.235. The number of benzene rings is 3. The molecule has 1 aliphatic heterocycles. The monoisotopic (exact) mass is 564 g/mol. The van der Waals surface area contributed by atoms with Gasteiger partial charge >= 0.3 is 0 Å². The lowest BCUT2D eigenvalue weighted by molar-refractivity contribution is 0.0241. The number of H-pyrrole nitrogens is 1. The Morgan fingerprint density at radius 2 is 1.67 bits per heavy atom. The lowest BCUT2D eigenvalue weighted by atomic mass is 10.1. The van der Waals surface area contributed by atoms with Gasteiger partial charge in [-0.3, -0.25) is 4.79 Å². The molecular weight excluding hydrogens is 531 g/mol. The molecule has 214 valence electrons. The fourth-order valence-corrected chi connectivity index (χ4v) is 5.40. The first-order valence-electron chi connectivity index (χ1n) is 14.2. The van der Waals surface area contributed by atoms with Crippen molar-refractivity contribution in [3.8, 4) is 17.0 Å². The molecule has 7 nitrogen and oxygen atoms in total. The largest absolute Gasteiger partial charge is 0.487 e. The van der Waals surface area contributed by atoms with Crippen LogP contribution in [0.5, 0.6) is 5.75 Å². The van der Waals surface area contributed by atoms with Gasteiger partial charge in [0, 0.05) is 55.8 Å². The van der Waals surface area contributed by atoms with Crippen LogP contribution in [0.25, 0.3) is 22.2 Å². The van der Waals surface area contributed by atoms with E-state index >= 15 is 4.39 Å². The number of rotatable bonds is 9. The maximum atomic E-state index is 15.9. The summed E-state index contributed by atoms with van der Waals surface area (Å²) in [5.74, 6) is 0.167. The van der Waals surface area contributed by atoms with Crippen molar-refractivity contribution in [2.24, 2.45) is 0 Å². The highest BCUT2D eigenvalue weighted by molar-refractivity contribution is 6.09. The molecule has 1 fully saturated rings. The number of pyridine rings is 1. The molecule has 8 heteroatoms. The van der Waals surface area contributed by atoms with Gasteiger partial charge in [-0.25, -0.2) is 9.37 Å². The summed E-state index contributed by atoms with van der Waals surface area (Å²) in [4.78, 5) is 23.3. The number of nitrogens with zero attached hydrogens (tertiary/aromatic N) is 2. The normalized spacial score (nSPS) is 13.7. The lowest BCUT2D eigenvalue weighted by Gasteiger charge is -2.25. The lowest BCUT2D eigenvalue weighted by Crippen LogP contribution is -2.26. The molecule has 0 aliphatic carbocycles. The van der Waals surface area contributed by atoms with Crippen molar-refractivity contribution in [1.29, 1.82) is 0 Å². The average Bonchev–Trinajstić information content (AvgIpc) is 3.48. The van der Waals surface area contributed by atoms with Crippen LogP contribution in [0.4, 0.5) is 10.2 Å². The second-order valence-corrected chi connectivity index (χ2v) is 10.4. The molecule has 1 amide bonds. The summed E-state index contributed by atoms with van der Waals surface area (Å²) in [5.41, 5.74) is 4.21. The highest BCUT2D eigenvalue weighted by Gasteiger charge is 2.23. The molecule has 2 N–H and O–H groups in total. The van der Waals surface area contributed by atoms with E-state index in [-0.39, 0.29) is 17.8 Å². The Labute approximate surface area is 244 Å². The third kappa shape index (κ3) is 5.85. The number of aromatic amines is 1. The maximum Gasteiger partial charge on any atom is 0.253 e. The molecule has 2 aromatic heterocycles. The van der Waals surface area contributed by atoms with Crippen molar-refractivity contribution in [3.05, 3.63) is 114 Å². The standard InChI is InChI=1S/C34H33FN4O3/c1-36-34(40)28-20-37-33(39(21-23-9-4-2-5-10-23)22-24-11-6-3-7-12-24)32-27(28)19-29(38-32)26-13-8-14-30(31(26)35)42-25-15-17-41-18-16-25/h2-14,19-20,25,38H,15-18,21-22H2,1H3,(H,36,40). The highest BCUT2D eigenvalue weighted by Crippen LogP contribution is 2.36. The molecule has 42 heavy (non-hydrogen) atoms. The molecule has 1 saturated heterocycles. The number of ether oxygens (including phenoxy) is 2. The Bertz CT molecular complexity index is 1630. The van der Waals surface area contributed by atoms with Crippen LogP contribution in [0, 0.1) is 5.82 Å². The van der Waals surface area contributed by atoms with Crippen LogP contribution >= 0.6 is 0 Å². The van der Waals surface area contributed by atoms with Gasteiger partial charge in [-0.05, 0) is 29.3 Å². The Hall–Kier alpha value is -4.69. The molecule has 3 aromatic carbocycles. The number of hydrogen-bond acceptors (Lipinski definition) is 5. The van der Waals surface area contributed by atoms with Gasteiger partial charge in [0.2, 0.25) is 0 Å². The molecule has 5 aromatic rings. The first-order chi connectivity index (χ1) is 20.6. The van der Waals surface area contributed by atoms with Gasteiger partial charge in [0.15, 0.2) is 17.4 Å². The van der Waals surface area contributed by atoms with E-state index in [4.69, 9.17) is 14.5 Å². The first-order valence-corrected chi connectivity index (χ1v) is 14.2. The molecular formula is C34H33FN4O3. The maximum absolute atomic E-state index is 15.9. The minimum absolute atomic E-state index is 0.0913. The number of carbonyl (C=O) groups excluding carboxylic acids is 1. The molecule has 3 heterocycles. The van der Waals surface area contributed by atoms with Crippen LogP contribution < -0.4 is 15.0 Å². The predicted molar refractivity (Wildman–Crippen MR) is 162 cm³/mol. The summed E-state index contributed by atoms with van der Waals surface area (Å²) in [6.45, 7) is 2.39. The Balaban J connectivity index is 1.45. The average molecular weight is 565 g/mol. The summed E-state index contributed by atoms with van der Waals surface area (Å²) in [5, 5.41) is 3.37. The van der Waals surface area contributed by atoms with E-state index in [1.54, 1.807) is 31.4 Å². The third-order valence-corrected chi connectivity index (χ3v) is 7.57. The number of fused-ring (bicyclic) bond motifs is 1. The molecule has 1 aliphatic rings. The Kier molecular flexibility index (Phi) is 8.14. The number of halogens is 1. The van der Waals surface area contributed by atoms with Crippen molar-refractivity contribution in [2.75, 3.05) is 25.2 Å². The summed E-state index contributed by atoms with van der Waals surface area (Å²) in [6, 6.07) is 27.3. The van der Waals surface area contributed by atoms with E-state index in [1.165, 1.54) is 0 Å². The van der Waals surface area contributed by atoms with Crippen LogP contribution in [0.15, 0.2) is 91.1 Å². The molecule has 0 atom stereocenters. The summed E-state index contributed by atoms with van der Waals surface area (Å²) < 4.78 is 27.4. The van der Waals surface area contributed by atoms with Gasteiger partial charge in [0.25, 0.3) is 5.91 Å². The highest BCUT2D eigenvalue weighted by atomic mass is 19.1. The Morgan fingerprint density at radius 1 is 1.00 bits per heavy atom. The van der Waals surface area contributed by atoms with Crippen LogP contribution in [-0.4, -0.2) is 42.2 Å². The third-order valence-electron chi connectivity index (χ3n) is 7.57. The van der Waals surface area contributed by atoms with E-state index in [9.17, 15) is 4.79 Å². The zero-order valence-corrected chi connectivity index (χ0v) is 23.5. The van der Waals surface area contributed by atoms with Crippen molar-refractivity contribution >= 4 is 22.6 Å². The summed E-state index contributed by atoms with van der Waals surface area (Å²) >= 11 is 0. The van der Waals surface area contributed by atoms with Crippen LogP contribution in [-0.2, 0) is 17.8 Å². The SMILES string of the molecule is CNC(=O)c1cnc(N(Cc2ccccc2)Cc2ccccc2)c2[nH]c(-c3cccc(OC4CCOCC4)c3F)cc12. The molecule has 6 rings (SSSR count). The zero-order valence-electron chi connectivity index (χ0n) is 23.5. The number of amides is 1. The minimum Gasteiger partial charge on any atom is -0.487 e. The quantitative estimate of drug-likeness (QED) is 0.214. The minimum atomic E-state index is -0.447. The number of nitrogens with one attached hydrogen (secondary N) is 2. The van der Waals surface area contributed by atoms with Crippen LogP contribution in [0.1, 0.15) is 34.3 Å². The van der Waals surface area contributed by atoms with Crippen LogP contribution in [0.3, 0.4) is 0 Å². The molecule has 0 bridgehead atoms. The second-order valence-electron chi connectivity index (χ2n) is 10.4. The molecule has 0 radical (unpaired) electrons. The summed E-state index contributed by atoms with van der Waals surface area (Å²) in [7, 11) is 1.59. The van der Waals surface area contributed by atoms with Gasteiger partial charge in [0.1, 0.15) is 6.10 Å². The summed E-state index contributed by atoms with van der Waals surface area (Å²) in [6.07, 6.45) is 2.95. The van der Waals surface area contributed by atoms with Gasteiger partial charge in [-0.15, -0.1) is 0 Å². The van der Waals surface area contributed by atoms with Gasteiger partial charge in [0.05, 0.1) is 24.3 Å². The zero-order chi connectivity index (χ0) is 28.9. The molecule has 0 unspecified atom stereocenters. The van der Waals surface area contributed by atoms with Crippen molar-refractivity contribution in [3.63, 3.8) is 0 Å². The van der Waals surface area contributed by atoms with E-state index in [2.05, 4.69) is 39.5 Å². The number of aromatic nitrogens is 2. The van der Waals surface area contributed by atoms with Crippen molar-refractivity contribution in [1.82, 2.24) is 15.3 Å². The fourth-order valence-electron chi connectivity index (χ4n) is 5.40. The van der Waals surface area contributed by atoms with Gasteiger partial charge in [-0.1, -0.05) is 66.7 Å². The van der Waals surface area contributed by atoms with Gasteiger partial charge in [-0.2, -0.15) is 0 Å². The van der Waals surface area contributed by atoms with E-state index < -0.39 is 5.82 Å². The smallest absolute Gasteiger partial charge is 0.253 e. The topological polar surface area (TPSA) is 79.5 Å². The van der Waals surface area contributed by atoms with Gasteiger partial charge < -0.3 is 24.7 Å².